The van der Waals surface area contributed by atoms with E-state index in [9.17, 15) is 4.79 Å². The van der Waals surface area contributed by atoms with Crippen LogP contribution in [0.5, 0.6) is 0 Å². The highest BCUT2D eigenvalue weighted by atomic mass is 16.2. The molecule has 0 aliphatic carbocycles. The zero-order valence-corrected chi connectivity index (χ0v) is 13.1. The molecule has 1 amide bonds. The Labute approximate surface area is 136 Å². The normalized spacial score (nSPS) is 10.5. The van der Waals surface area contributed by atoms with Gasteiger partial charge in [-0.05, 0) is 29.3 Å². The maximum Gasteiger partial charge on any atom is 0.253 e. The summed E-state index contributed by atoms with van der Waals surface area (Å²) in [6.07, 6.45) is 3.68. The van der Waals surface area contributed by atoms with Crippen LogP contribution in [0.25, 0.3) is 0 Å². The van der Waals surface area contributed by atoms with Crippen molar-refractivity contribution < 1.29 is 4.79 Å². The number of aromatic nitrogens is 2. The number of carbonyl (C=O) groups excluding carboxylic acids is 1. The lowest BCUT2D eigenvalue weighted by Crippen LogP contribution is -2.26. The van der Waals surface area contributed by atoms with Crippen molar-refractivity contribution >= 4 is 5.91 Å². The van der Waals surface area contributed by atoms with Crippen molar-refractivity contribution in [2.45, 2.75) is 13.1 Å². The fourth-order valence-corrected chi connectivity index (χ4v) is 2.48. The molecular weight excluding hydrogens is 286 g/mol. The Morgan fingerprint density at radius 3 is 2.39 bits per heavy atom. The molecule has 23 heavy (non-hydrogen) atoms. The van der Waals surface area contributed by atoms with Crippen LogP contribution in [-0.4, -0.2) is 27.6 Å². The van der Waals surface area contributed by atoms with Gasteiger partial charge in [-0.25, -0.2) is 0 Å². The molecule has 0 atom stereocenters. The third-order valence-corrected chi connectivity index (χ3v) is 3.71. The van der Waals surface area contributed by atoms with E-state index in [-0.39, 0.29) is 5.91 Å². The van der Waals surface area contributed by atoms with Gasteiger partial charge in [0.25, 0.3) is 5.91 Å². The molecule has 0 saturated carbocycles. The van der Waals surface area contributed by atoms with Crippen LogP contribution in [0.1, 0.15) is 21.5 Å². The van der Waals surface area contributed by atoms with E-state index in [0.717, 1.165) is 11.1 Å². The van der Waals surface area contributed by atoms with Crippen LogP contribution in [0, 0.1) is 0 Å². The van der Waals surface area contributed by atoms with Gasteiger partial charge in [0.1, 0.15) is 0 Å². The summed E-state index contributed by atoms with van der Waals surface area (Å²) >= 11 is 0. The van der Waals surface area contributed by atoms with E-state index >= 15 is 0 Å². The second kappa shape index (κ2) is 6.92. The number of carbonyl (C=O) groups is 1. The Morgan fingerprint density at radius 1 is 1.00 bits per heavy atom. The summed E-state index contributed by atoms with van der Waals surface area (Å²) in [4.78, 5) is 14.2. The van der Waals surface area contributed by atoms with Crippen molar-refractivity contribution in [3.05, 3.63) is 89.7 Å². The van der Waals surface area contributed by atoms with Gasteiger partial charge in [-0.15, -0.1) is 0 Å². The Hall–Kier alpha value is -2.88. The predicted molar refractivity (Wildman–Crippen MR) is 90.0 cm³/mol. The standard InChI is InChI=1S/C19H19N3O/c1-21(14-16-6-3-2-4-7-16)19(23)18-10-8-17(9-11-18)15-22-13-5-12-20-22/h2-13H,14-15H2,1H3. The van der Waals surface area contributed by atoms with Gasteiger partial charge >= 0.3 is 0 Å². The minimum atomic E-state index is 0.0273. The van der Waals surface area contributed by atoms with Crippen LogP contribution in [0.15, 0.2) is 73.1 Å². The number of benzene rings is 2. The molecule has 4 heteroatoms. The second-order valence-electron chi connectivity index (χ2n) is 5.55. The van der Waals surface area contributed by atoms with Gasteiger partial charge < -0.3 is 4.90 Å². The van der Waals surface area contributed by atoms with Gasteiger partial charge in [0.2, 0.25) is 0 Å². The first-order valence-electron chi connectivity index (χ1n) is 7.58. The van der Waals surface area contributed by atoms with E-state index in [2.05, 4.69) is 5.10 Å². The largest absolute Gasteiger partial charge is 0.337 e. The molecule has 116 valence electrons. The summed E-state index contributed by atoms with van der Waals surface area (Å²) in [5, 5.41) is 4.19. The molecule has 0 aliphatic rings. The van der Waals surface area contributed by atoms with Crippen molar-refractivity contribution in [2.24, 2.45) is 0 Å². The number of nitrogens with zero attached hydrogens (tertiary/aromatic N) is 3. The van der Waals surface area contributed by atoms with Crippen LogP contribution >= 0.6 is 0 Å². The van der Waals surface area contributed by atoms with Gasteiger partial charge in [-0.3, -0.25) is 9.48 Å². The predicted octanol–water partition coefficient (Wildman–Crippen LogP) is 3.20. The Bertz CT molecular complexity index is 749. The topological polar surface area (TPSA) is 38.1 Å². The molecule has 0 unspecified atom stereocenters. The molecule has 2 aromatic carbocycles. The van der Waals surface area contributed by atoms with Crippen molar-refractivity contribution in [1.29, 1.82) is 0 Å². The van der Waals surface area contributed by atoms with Crippen molar-refractivity contribution in [2.75, 3.05) is 7.05 Å². The van der Waals surface area contributed by atoms with Crippen LogP contribution in [0.2, 0.25) is 0 Å². The van der Waals surface area contributed by atoms with Crippen LogP contribution in [0.4, 0.5) is 0 Å². The lowest BCUT2D eigenvalue weighted by Gasteiger charge is -2.17. The molecule has 0 bridgehead atoms. The lowest BCUT2D eigenvalue weighted by atomic mass is 10.1. The first-order valence-corrected chi connectivity index (χ1v) is 7.58. The van der Waals surface area contributed by atoms with E-state index in [1.165, 1.54) is 0 Å². The van der Waals surface area contributed by atoms with Crippen LogP contribution in [0.3, 0.4) is 0 Å². The molecule has 3 aromatic rings. The van der Waals surface area contributed by atoms with Gasteiger partial charge in [0.05, 0.1) is 6.54 Å². The molecular formula is C19H19N3O. The van der Waals surface area contributed by atoms with Gasteiger partial charge in [-0.1, -0.05) is 42.5 Å². The zero-order valence-electron chi connectivity index (χ0n) is 13.1. The number of hydrogen-bond acceptors (Lipinski definition) is 2. The molecule has 0 fully saturated rings. The fourth-order valence-electron chi connectivity index (χ4n) is 2.48. The van der Waals surface area contributed by atoms with Crippen molar-refractivity contribution in [3.63, 3.8) is 0 Å². The maximum absolute atomic E-state index is 12.5. The summed E-state index contributed by atoms with van der Waals surface area (Å²) in [7, 11) is 1.83. The Morgan fingerprint density at radius 2 is 1.74 bits per heavy atom. The Kier molecular flexibility index (Phi) is 4.52. The van der Waals surface area contributed by atoms with Crippen LogP contribution < -0.4 is 0 Å². The molecule has 0 radical (unpaired) electrons. The molecule has 1 heterocycles. The number of hydrogen-bond donors (Lipinski definition) is 0. The first kappa shape index (κ1) is 15.0. The van der Waals surface area contributed by atoms with Crippen molar-refractivity contribution in [1.82, 2.24) is 14.7 Å². The smallest absolute Gasteiger partial charge is 0.253 e. The third kappa shape index (κ3) is 3.86. The average Bonchev–Trinajstić information content (AvgIpc) is 3.09. The SMILES string of the molecule is CN(Cc1ccccc1)C(=O)c1ccc(Cn2cccn2)cc1. The molecule has 1 aromatic heterocycles. The second-order valence-corrected chi connectivity index (χ2v) is 5.55. The highest BCUT2D eigenvalue weighted by molar-refractivity contribution is 5.94. The molecule has 0 saturated heterocycles. The van der Waals surface area contributed by atoms with E-state index in [0.29, 0.717) is 18.7 Å². The average molecular weight is 305 g/mol. The molecule has 3 rings (SSSR count). The Balaban J connectivity index is 1.65. The summed E-state index contributed by atoms with van der Waals surface area (Å²) in [5.41, 5.74) is 2.95. The molecule has 0 aliphatic heterocycles. The monoisotopic (exact) mass is 305 g/mol. The third-order valence-electron chi connectivity index (χ3n) is 3.71. The number of amides is 1. The highest BCUT2D eigenvalue weighted by Crippen LogP contribution is 2.11. The fraction of sp³-hybridized carbons (Fsp3) is 0.158. The minimum absolute atomic E-state index is 0.0273. The van der Waals surface area contributed by atoms with Crippen LogP contribution in [-0.2, 0) is 13.1 Å². The van der Waals surface area contributed by atoms with Gasteiger partial charge in [-0.2, -0.15) is 5.10 Å². The molecule has 0 N–H and O–H groups in total. The highest BCUT2D eigenvalue weighted by Gasteiger charge is 2.11. The van der Waals surface area contributed by atoms with Crippen molar-refractivity contribution in [3.8, 4) is 0 Å². The minimum Gasteiger partial charge on any atom is -0.337 e. The van der Waals surface area contributed by atoms with E-state index < -0.39 is 0 Å². The van der Waals surface area contributed by atoms with Gasteiger partial charge in [0, 0.05) is 31.5 Å². The summed E-state index contributed by atoms with van der Waals surface area (Å²) < 4.78 is 1.86. The summed E-state index contributed by atoms with van der Waals surface area (Å²) in [6, 6.07) is 19.6. The quantitative estimate of drug-likeness (QED) is 0.726. The van der Waals surface area contributed by atoms with E-state index in [1.54, 1.807) is 11.1 Å². The zero-order chi connectivity index (χ0) is 16.1. The maximum atomic E-state index is 12.5. The molecule has 0 spiro atoms. The summed E-state index contributed by atoms with van der Waals surface area (Å²) in [6.45, 7) is 1.32. The van der Waals surface area contributed by atoms with E-state index in [1.807, 2.05) is 78.6 Å². The molecule has 4 nitrogen and oxygen atoms in total. The first-order chi connectivity index (χ1) is 11.2. The summed E-state index contributed by atoms with van der Waals surface area (Å²) in [5.74, 6) is 0.0273. The van der Waals surface area contributed by atoms with Gasteiger partial charge in [0.15, 0.2) is 0 Å². The number of rotatable bonds is 5. The van der Waals surface area contributed by atoms with E-state index in [4.69, 9.17) is 0 Å². The lowest BCUT2D eigenvalue weighted by molar-refractivity contribution is 0.0785.